The largest absolute Gasteiger partial charge is 0.479 e. The van der Waals surface area contributed by atoms with Gasteiger partial charge in [0.25, 0.3) is 0 Å². The molecule has 1 heterocycles. The summed E-state index contributed by atoms with van der Waals surface area (Å²) in [5.74, 6) is 0.0745. The molecule has 118 valence electrons. The Hall–Kier alpha value is -2.30. The van der Waals surface area contributed by atoms with E-state index in [1.807, 2.05) is 19.9 Å². The molecule has 1 aromatic heterocycles. The van der Waals surface area contributed by atoms with Crippen molar-refractivity contribution in [2.24, 2.45) is 0 Å². The topological polar surface area (TPSA) is 65.7 Å². The molecule has 5 heteroatoms. The van der Waals surface area contributed by atoms with Gasteiger partial charge in [0.1, 0.15) is 11.3 Å². The third-order valence-corrected chi connectivity index (χ3v) is 3.63. The van der Waals surface area contributed by atoms with Gasteiger partial charge in [-0.3, -0.25) is 0 Å². The minimum absolute atomic E-state index is 0.309. The normalized spacial score (nSPS) is 12.2. The van der Waals surface area contributed by atoms with Crippen LogP contribution in [0, 0.1) is 13.8 Å². The molecule has 22 heavy (non-hydrogen) atoms. The van der Waals surface area contributed by atoms with Gasteiger partial charge in [-0.05, 0) is 44.9 Å². The molecule has 0 aliphatic heterocycles. The van der Waals surface area contributed by atoms with Crippen molar-refractivity contribution in [1.82, 2.24) is 0 Å². The number of esters is 1. The molecule has 2 aromatic rings. The van der Waals surface area contributed by atoms with Crippen LogP contribution < -0.4 is 10.4 Å². The van der Waals surface area contributed by atoms with E-state index in [-0.39, 0.29) is 5.63 Å². The summed E-state index contributed by atoms with van der Waals surface area (Å²) >= 11 is 0. The maximum absolute atomic E-state index is 11.8. The molecule has 1 aromatic carbocycles. The summed E-state index contributed by atoms with van der Waals surface area (Å²) in [6.07, 6.45) is -0.177. The minimum atomic E-state index is -0.671. The predicted molar refractivity (Wildman–Crippen MR) is 83.3 cm³/mol. The molecule has 0 amide bonds. The van der Waals surface area contributed by atoms with Crippen LogP contribution in [-0.4, -0.2) is 18.7 Å². The first-order chi connectivity index (χ1) is 10.5. The van der Waals surface area contributed by atoms with Gasteiger partial charge in [0.2, 0.25) is 0 Å². The summed E-state index contributed by atoms with van der Waals surface area (Å²) in [4.78, 5) is 23.5. The third kappa shape index (κ3) is 3.13. The second-order valence-electron chi connectivity index (χ2n) is 5.06. The van der Waals surface area contributed by atoms with Gasteiger partial charge >= 0.3 is 11.6 Å². The molecule has 0 saturated carbocycles. The Morgan fingerprint density at radius 2 is 1.95 bits per heavy atom. The minimum Gasteiger partial charge on any atom is -0.479 e. The SMILES string of the molecule is CCOC(=O)[C@H](CC)Oc1ccc2c(C)c(C)c(=O)oc2c1. The van der Waals surface area contributed by atoms with Crippen LogP contribution in [0.1, 0.15) is 31.4 Å². The quantitative estimate of drug-likeness (QED) is 0.627. The first-order valence-corrected chi connectivity index (χ1v) is 7.35. The van der Waals surface area contributed by atoms with Gasteiger partial charge < -0.3 is 13.9 Å². The van der Waals surface area contributed by atoms with E-state index in [1.54, 1.807) is 26.0 Å². The second kappa shape index (κ2) is 6.64. The molecule has 0 saturated heterocycles. The van der Waals surface area contributed by atoms with Crippen molar-refractivity contribution < 1.29 is 18.7 Å². The Bertz CT molecular complexity index is 745. The van der Waals surface area contributed by atoms with Crippen molar-refractivity contribution in [2.45, 2.75) is 40.2 Å². The molecule has 0 bridgehead atoms. The van der Waals surface area contributed by atoms with Gasteiger partial charge in [-0.15, -0.1) is 0 Å². The molecule has 0 aliphatic carbocycles. The van der Waals surface area contributed by atoms with Gasteiger partial charge in [-0.2, -0.15) is 0 Å². The number of carbonyl (C=O) groups is 1. The van der Waals surface area contributed by atoms with Crippen molar-refractivity contribution in [3.63, 3.8) is 0 Å². The van der Waals surface area contributed by atoms with Crippen molar-refractivity contribution in [3.8, 4) is 5.75 Å². The molecule has 0 spiro atoms. The zero-order chi connectivity index (χ0) is 16.3. The van der Waals surface area contributed by atoms with E-state index in [2.05, 4.69) is 0 Å². The van der Waals surface area contributed by atoms with Crippen LogP contribution in [0.2, 0.25) is 0 Å². The Morgan fingerprint density at radius 3 is 2.59 bits per heavy atom. The smallest absolute Gasteiger partial charge is 0.347 e. The summed E-state index contributed by atoms with van der Waals surface area (Å²) in [5.41, 5.74) is 1.57. The van der Waals surface area contributed by atoms with E-state index in [1.165, 1.54) is 0 Å². The zero-order valence-electron chi connectivity index (χ0n) is 13.3. The van der Waals surface area contributed by atoms with Gasteiger partial charge in [0.05, 0.1) is 6.61 Å². The van der Waals surface area contributed by atoms with Crippen LogP contribution in [0.3, 0.4) is 0 Å². The maximum atomic E-state index is 11.8. The molecular formula is C17H20O5. The highest BCUT2D eigenvalue weighted by Gasteiger charge is 2.20. The molecule has 0 radical (unpaired) electrons. The fourth-order valence-corrected chi connectivity index (χ4v) is 2.20. The lowest BCUT2D eigenvalue weighted by atomic mass is 10.1. The highest BCUT2D eigenvalue weighted by molar-refractivity contribution is 5.82. The molecule has 0 N–H and O–H groups in total. The summed E-state index contributed by atoms with van der Waals surface area (Å²) in [7, 11) is 0. The molecule has 2 rings (SSSR count). The van der Waals surface area contributed by atoms with Gasteiger partial charge in [0.15, 0.2) is 6.10 Å². The van der Waals surface area contributed by atoms with Crippen LogP contribution in [0.4, 0.5) is 0 Å². The summed E-state index contributed by atoms with van der Waals surface area (Å²) in [6.45, 7) is 7.52. The predicted octanol–water partition coefficient (Wildman–Crippen LogP) is 3.13. The average molecular weight is 304 g/mol. The lowest BCUT2D eigenvalue weighted by Crippen LogP contribution is -2.28. The molecule has 1 atom stereocenters. The van der Waals surface area contributed by atoms with E-state index >= 15 is 0 Å². The zero-order valence-corrected chi connectivity index (χ0v) is 13.3. The van der Waals surface area contributed by atoms with E-state index in [9.17, 15) is 9.59 Å². The molecule has 0 fully saturated rings. The van der Waals surface area contributed by atoms with Gasteiger partial charge in [-0.1, -0.05) is 6.92 Å². The molecule has 0 aliphatic rings. The standard InChI is InChI=1S/C17H20O5/c1-5-14(17(19)20-6-2)21-12-7-8-13-10(3)11(4)16(18)22-15(13)9-12/h7-9,14H,5-6H2,1-4H3/t14-/m0/s1. The van der Waals surface area contributed by atoms with Crippen LogP contribution >= 0.6 is 0 Å². The average Bonchev–Trinajstić information content (AvgIpc) is 2.50. The third-order valence-electron chi connectivity index (χ3n) is 3.63. The number of ether oxygens (including phenoxy) is 2. The maximum Gasteiger partial charge on any atom is 0.347 e. The second-order valence-corrected chi connectivity index (χ2v) is 5.06. The Balaban J connectivity index is 2.35. The monoisotopic (exact) mass is 304 g/mol. The molecule has 0 unspecified atom stereocenters. The lowest BCUT2D eigenvalue weighted by molar-refractivity contribution is -0.151. The fourth-order valence-electron chi connectivity index (χ4n) is 2.20. The highest BCUT2D eigenvalue weighted by atomic mass is 16.6. The Kier molecular flexibility index (Phi) is 4.85. The summed E-state index contributed by atoms with van der Waals surface area (Å²) in [6, 6.07) is 5.22. The first-order valence-electron chi connectivity index (χ1n) is 7.35. The van der Waals surface area contributed by atoms with Crippen LogP contribution in [-0.2, 0) is 9.53 Å². The molecular weight excluding hydrogens is 284 g/mol. The summed E-state index contributed by atoms with van der Waals surface area (Å²) in [5, 5.41) is 0.855. The number of hydrogen-bond donors (Lipinski definition) is 0. The van der Waals surface area contributed by atoms with Gasteiger partial charge in [0, 0.05) is 17.0 Å². The Labute approximate surface area is 128 Å². The summed E-state index contributed by atoms with van der Waals surface area (Å²) < 4.78 is 15.9. The number of rotatable bonds is 5. The Morgan fingerprint density at radius 1 is 1.23 bits per heavy atom. The number of benzene rings is 1. The number of fused-ring (bicyclic) bond motifs is 1. The van der Waals surface area contributed by atoms with Crippen molar-refractivity contribution in [3.05, 3.63) is 39.7 Å². The van der Waals surface area contributed by atoms with E-state index in [0.29, 0.717) is 29.9 Å². The number of hydrogen-bond acceptors (Lipinski definition) is 5. The van der Waals surface area contributed by atoms with Crippen LogP contribution in [0.5, 0.6) is 5.75 Å². The lowest BCUT2D eigenvalue weighted by Gasteiger charge is -2.16. The van der Waals surface area contributed by atoms with E-state index < -0.39 is 12.1 Å². The van der Waals surface area contributed by atoms with Crippen LogP contribution in [0.15, 0.2) is 27.4 Å². The van der Waals surface area contributed by atoms with Crippen molar-refractivity contribution in [2.75, 3.05) is 6.61 Å². The van der Waals surface area contributed by atoms with Crippen LogP contribution in [0.25, 0.3) is 11.0 Å². The number of carbonyl (C=O) groups excluding carboxylic acids is 1. The fraction of sp³-hybridized carbons (Fsp3) is 0.412. The first kappa shape index (κ1) is 16.1. The van der Waals surface area contributed by atoms with Crippen molar-refractivity contribution in [1.29, 1.82) is 0 Å². The number of aryl methyl sites for hydroxylation is 1. The van der Waals surface area contributed by atoms with Gasteiger partial charge in [-0.25, -0.2) is 9.59 Å². The van der Waals surface area contributed by atoms with Crippen molar-refractivity contribution >= 4 is 16.9 Å². The highest BCUT2D eigenvalue weighted by Crippen LogP contribution is 2.25. The van der Waals surface area contributed by atoms with E-state index in [4.69, 9.17) is 13.9 Å². The van der Waals surface area contributed by atoms with E-state index in [0.717, 1.165) is 10.9 Å². The molecule has 5 nitrogen and oxygen atoms in total.